The van der Waals surface area contributed by atoms with E-state index in [1.54, 1.807) is 18.2 Å². The summed E-state index contributed by atoms with van der Waals surface area (Å²) >= 11 is 9.25. The molecule has 158 valence electrons. The third-order valence-electron chi connectivity index (χ3n) is 4.85. The number of aliphatic hydroxyl groups is 2. The van der Waals surface area contributed by atoms with Crippen molar-refractivity contribution in [1.82, 2.24) is 14.3 Å². The second kappa shape index (κ2) is 8.03. The van der Waals surface area contributed by atoms with Gasteiger partial charge in [0, 0.05) is 24.2 Å². The van der Waals surface area contributed by atoms with Crippen LogP contribution in [0.15, 0.2) is 52.0 Å². The van der Waals surface area contributed by atoms with Crippen molar-refractivity contribution >= 4 is 37.6 Å². The highest BCUT2D eigenvalue weighted by Gasteiger charge is 2.38. The Hall–Kier alpha value is -1.82. The number of benzene rings is 2. The predicted octanol–water partition coefficient (Wildman–Crippen LogP) is 3.02. The fraction of sp³-hybridized carbons (Fsp3) is 0.211. The Morgan fingerprint density at radius 2 is 1.80 bits per heavy atom. The lowest BCUT2D eigenvalue weighted by Crippen LogP contribution is -2.30. The van der Waals surface area contributed by atoms with Crippen LogP contribution in [0.4, 0.5) is 4.39 Å². The van der Waals surface area contributed by atoms with Crippen molar-refractivity contribution in [3.05, 3.63) is 57.9 Å². The molecule has 11 heteroatoms. The van der Waals surface area contributed by atoms with Gasteiger partial charge in [-0.05, 0) is 46.3 Å². The van der Waals surface area contributed by atoms with Gasteiger partial charge in [0.2, 0.25) is 10.0 Å². The average Bonchev–Trinajstić information content (AvgIpc) is 3.32. The number of nitrogens with one attached hydrogen (secondary N) is 1. The lowest BCUT2D eigenvalue weighted by molar-refractivity contribution is 0.0572. The van der Waals surface area contributed by atoms with Crippen molar-refractivity contribution in [2.24, 2.45) is 0 Å². The average molecular weight is 517 g/mol. The second-order valence-corrected chi connectivity index (χ2v) is 10.0. The lowest BCUT2D eigenvalue weighted by atomic mass is 10.2. The van der Waals surface area contributed by atoms with Gasteiger partial charge in [-0.3, -0.25) is 0 Å². The summed E-state index contributed by atoms with van der Waals surface area (Å²) in [4.78, 5) is 7.16. The Morgan fingerprint density at radius 1 is 1.13 bits per heavy atom. The first kappa shape index (κ1) is 21.4. The van der Waals surface area contributed by atoms with Crippen molar-refractivity contribution in [3.8, 4) is 22.6 Å². The summed E-state index contributed by atoms with van der Waals surface area (Å²) in [6.07, 6.45) is -0.783. The number of aromatic nitrogens is 2. The molecule has 1 fully saturated rings. The van der Waals surface area contributed by atoms with Gasteiger partial charge in [0.1, 0.15) is 16.5 Å². The minimum atomic E-state index is -4.04. The number of aliphatic hydroxyl groups excluding tert-OH is 2. The summed E-state index contributed by atoms with van der Waals surface area (Å²) in [6.45, 7) is -0.436. The third kappa shape index (κ3) is 3.91. The molecule has 1 aliphatic rings. The molecule has 0 radical (unpaired) electrons. The molecule has 3 N–H and O–H groups in total. The fourth-order valence-electron chi connectivity index (χ4n) is 3.20. The zero-order chi connectivity index (χ0) is 21.6. The third-order valence-corrected chi connectivity index (χ3v) is 7.81. The zero-order valence-corrected chi connectivity index (χ0v) is 18.4. The number of halogens is 3. The highest BCUT2D eigenvalue weighted by Crippen LogP contribution is 2.32. The molecular weight excluding hydrogens is 501 g/mol. The molecule has 4 rings (SSSR count). The van der Waals surface area contributed by atoms with Gasteiger partial charge in [0.15, 0.2) is 0 Å². The van der Waals surface area contributed by atoms with Gasteiger partial charge in [-0.2, -0.15) is 4.31 Å². The molecule has 7 nitrogen and oxygen atoms in total. The number of nitrogens with zero attached hydrogens (tertiary/aromatic N) is 2. The van der Waals surface area contributed by atoms with E-state index in [2.05, 4.69) is 25.9 Å². The monoisotopic (exact) mass is 515 g/mol. The molecule has 2 aromatic carbocycles. The van der Waals surface area contributed by atoms with E-state index < -0.39 is 28.0 Å². The molecular formula is C19H16BrClFN3O4S. The van der Waals surface area contributed by atoms with E-state index in [0.29, 0.717) is 27.1 Å². The van der Waals surface area contributed by atoms with E-state index in [1.165, 1.54) is 24.4 Å². The van der Waals surface area contributed by atoms with E-state index in [0.717, 1.165) is 4.31 Å². The Labute approximate surface area is 185 Å². The van der Waals surface area contributed by atoms with Crippen molar-refractivity contribution < 1.29 is 23.0 Å². The fourth-order valence-corrected chi connectivity index (χ4v) is 5.42. The van der Waals surface area contributed by atoms with Crippen LogP contribution < -0.4 is 0 Å². The van der Waals surface area contributed by atoms with E-state index in [-0.39, 0.29) is 23.0 Å². The van der Waals surface area contributed by atoms with Crippen LogP contribution >= 0.6 is 27.5 Å². The molecule has 0 amide bonds. The molecule has 1 aromatic heterocycles. The Bertz CT molecular complexity index is 1210. The number of imidazole rings is 1. The van der Waals surface area contributed by atoms with Crippen LogP contribution in [0.2, 0.25) is 5.02 Å². The van der Waals surface area contributed by atoms with Crippen molar-refractivity contribution in [1.29, 1.82) is 0 Å². The van der Waals surface area contributed by atoms with Crippen LogP contribution in [0, 0.1) is 5.82 Å². The minimum Gasteiger partial charge on any atom is -0.389 e. The highest BCUT2D eigenvalue weighted by atomic mass is 79.9. The van der Waals surface area contributed by atoms with Gasteiger partial charge in [-0.1, -0.05) is 17.7 Å². The molecule has 1 aliphatic heterocycles. The van der Waals surface area contributed by atoms with Crippen LogP contribution in [0.3, 0.4) is 0 Å². The second-order valence-electron chi connectivity index (χ2n) is 6.88. The molecule has 2 heterocycles. The lowest BCUT2D eigenvalue weighted by Gasteiger charge is -2.17. The molecule has 30 heavy (non-hydrogen) atoms. The molecule has 0 bridgehead atoms. The van der Waals surface area contributed by atoms with Crippen LogP contribution in [0.5, 0.6) is 0 Å². The van der Waals surface area contributed by atoms with Gasteiger partial charge >= 0.3 is 0 Å². The van der Waals surface area contributed by atoms with Crippen molar-refractivity contribution in [2.45, 2.75) is 17.1 Å². The molecule has 0 saturated carbocycles. The molecule has 0 spiro atoms. The van der Waals surface area contributed by atoms with Gasteiger partial charge in [0.05, 0.1) is 33.6 Å². The number of hydrogen-bond acceptors (Lipinski definition) is 5. The van der Waals surface area contributed by atoms with E-state index >= 15 is 0 Å². The summed E-state index contributed by atoms with van der Waals surface area (Å²) in [6, 6.07) is 9.07. The number of rotatable bonds is 4. The minimum absolute atomic E-state index is 0.0105. The van der Waals surface area contributed by atoms with Crippen LogP contribution in [0.1, 0.15) is 0 Å². The van der Waals surface area contributed by atoms with Gasteiger partial charge < -0.3 is 15.2 Å². The number of H-pyrrole nitrogens is 1. The summed E-state index contributed by atoms with van der Waals surface area (Å²) < 4.78 is 41.1. The van der Waals surface area contributed by atoms with E-state index in [4.69, 9.17) is 11.6 Å². The maximum atomic E-state index is 13.8. The summed E-state index contributed by atoms with van der Waals surface area (Å²) in [5.41, 5.74) is 1.60. The van der Waals surface area contributed by atoms with E-state index in [1.807, 2.05) is 0 Å². The predicted molar refractivity (Wildman–Crippen MR) is 113 cm³/mol. The maximum absolute atomic E-state index is 13.8. The molecule has 1 saturated heterocycles. The van der Waals surface area contributed by atoms with Crippen molar-refractivity contribution in [2.75, 3.05) is 13.1 Å². The smallest absolute Gasteiger partial charge is 0.244 e. The Balaban J connectivity index is 1.69. The SMILES string of the molecule is O=S(=O)(c1cc(-c2ncc(-c3ccc(Br)c(F)c3)[nH]2)ccc1Cl)N1C[C@@H](O)[C@H](O)C1. The standard InChI is InChI=1S/C19H16BrClFN3O4S/c20-12-3-1-10(5-14(12)22)15-7-23-19(24-15)11-2-4-13(21)18(6-11)30(28,29)25-8-16(26)17(27)9-25/h1-7,16-17,26-27H,8-9H2,(H,23,24)/t16-,17-/m1/s1. The number of β-amino-alcohol motifs (C(OH)–C–C–N with tert-alkyl or cyclic N) is 2. The van der Waals surface area contributed by atoms with Crippen LogP contribution in [-0.2, 0) is 10.0 Å². The maximum Gasteiger partial charge on any atom is 0.244 e. The van der Waals surface area contributed by atoms with Gasteiger partial charge in [-0.15, -0.1) is 0 Å². The zero-order valence-electron chi connectivity index (χ0n) is 15.3. The Kier molecular flexibility index (Phi) is 5.73. The van der Waals surface area contributed by atoms with Crippen LogP contribution in [-0.4, -0.2) is 58.2 Å². The summed E-state index contributed by atoms with van der Waals surface area (Å²) in [5.74, 6) is -0.0403. The van der Waals surface area contributed by atoms with Crippen molar-refractivity contribution in [3.63, 3.8) is 0 Å². The quantitative estimate of drug-likeness (QED) is 0.494. The summed E-state index contributed by atoms with van der Waals surface area (Å²) in [5, 5.41) is 19.4. The molecule has 0 aliphatic carbocycles. The topological polar surface area (TPSA) is 107 Å². The Morgan fingerprint density at radius 3 is 2.47 bits per heavy atom. The first-order valence-corrected chi connectivity index (χ1v) is 11.4. The number of aromatic amines is 1. The van der Waals surface area contributed by atoms with Gasteiger partial charge in [-0.25, -0.2) is 17.8 Å². The molecule has 0 unspecified atom stereocenters. The normalized spacial score (nSPS) is 20.0. The molecule has 2 atom stereocenters. The van der Waals surface area contributed by atoms with Crippen LogP contribution in [0.25, 0.3) is 22.6 Å². The first-order chi connectivity index (χ1) is 14.2. The first-order valence-electron chi connectivity index (χ1n) is 8.83. The number of hydrogen-bond donors (Lipinski definition) is 3. The van der Waals surface area contributed by atoms with E-state index in [9.17, 15) is 23.0 Å². The highest BCUT2D eigenvalue weighted by molar-refractivity contribution is 9.10. The number of sulfonamides is 1. The van der Waals surface area contributed by atoms with Gasteiger partial charge in [0.25, 0.3) is 0 Å². The summed E-state index contributed by atoms with van der Waals surface area (Å²) in [7, 11) is -4.04. The largest absolute Gasteiger partial charge is 0.389 e. The molecule has 3 aromatic rings.